The summed E-state index contributed by atoms with van der Waals surface area (Å²) in [4.78, 5) is 11.1. The highest BCUT2D eigenvalue weighted by atomic mass is 19.1. The molecule has 0 amide bonds. The number of benzene rings is 1. The molecule has 5 heteroatoms. The summed E-state index contributed by atoms with van der Waals surface area (Å²) in [5, 5.41) is 2.67. The van der Waals surface area contributed by atoms with Gasteiger partial charge in [-0.25, -0.2) is 13.6 Å². The molecule has 0 saturated carbocycles. The average molecular weight is 215 g/mol. The van der Waals surface area contributed by atoms with E-state index in [0.717, 1.165) is 13.2 Å². The number of halogens is 2. The zero-order chi connectivity index (χ0) is 11.4. The fraction of sp³-hybridized carbons (Fsp3) is 0.300. The van der Waals surface area contributed by atoms with E-state index in [1.54, 1.807) is 6.92 Å². The standard InChI is InChI=1S/C10H11F2NO2/c1-3-13-9-4-6(10(14)15-2)7(11)5-8(9)12/h4-5,13H,3H2,1-2H3. The molecular weight excluding hydrogens is 204 g/mol. The first-order valence-corrected chi connectivity index (χ1v) is 4.41. The summed E-state index contributed by atoms with van der Waals surface area (Å²) in [5.41, 5.74) is -0.200. The fourth-order valence-corrected chi connectivity index (χ4v) is 1.14. The predicted octanol–water partition coefficient (Wildman–Crippen LogP) is 2.18. The highest BCUT2D eigenvalue weighted by molar-refractivity contribution is 5.90. The van der Waals surface area contributed by atoms with E-state index in [1.807, 2.05) is 0 Å². The van der Waals surface area contributed by atoms with Crippen molar-refractivity contribution in [2.75, 3.05) is 19.0 Å². The van der Waals surface area contributed by atoms with Gasteiger partial charge in [0.1, 0.15) is 11.6 Å². The fourth-order valence-electron chi connectivity index (χ4n) is 1.14. The molecular formula is C10H11F2NO2. The number of hydrogen-bond acceptors (Lipinski definition) is 3. The molecule has 0 spiro atoms. The van der Waals surface area contributed by atoms with Crippen LogP contribution in [0, 0.1) is 11.6 Å². The van der Waals surface area contributed by atoms with Crippen LogP contribution >= 0.6 is 0 Å². The Labute approximate surface area is 86.0 Å². The minimum absolute atomic E-state index is 0.0827. The number of carbonyl (C=O) groups excluding carboxylic acids is 1. The van der Waals surface area contributed by atoms with E-state index in [-0.39, 0.29) is 11.3 Å². The molecule has 3 nitrogen and oxygen atoms in total. The van der Waals surface area contributed by atoms with Crippen molar-refractivity contribution in [2.45, 2.75) is 6.92 Å². The molecule has 0 unspecified atom stereocenters. The van der Waals surface area contributed by atoms with E-state index >= 15 is 0 Å². The number of nitrogens with one attached hydrogen (secondary N) is 1. The molecule has 0 aromatic heterocycles. The number of hydrogen-bond donors (Lipinski definition) is 1. The molecule has 0 aliphatic carbocycles. The third-order valence-corrected chi connectivity index (χ3v) is 1.83. The van der Waals surface area contributed by atoms with Crippen molar-refractivity contribution in [3.63, 3.8) is 0 Å². The lowest BCUT2D eigenvalue weighted by Crippen LogP contribution is -2.08. The minimum atomic E-state index is -0.930. The Morgan fingerprint density at radius 3 is 2.60 bits per heavy atom. The molecule has 0 heterocycles. The Balaban J connectivity index is 3.17. The number of carbonyl (C=O) groups is 1. The minimum Gasteiger partial charge on any atom is -0.465 e. The molecule has 0 fully saturated rings. The highest BCUT2D eigenvalue weighted by Crippen LogP contribution is 2.19. The molecule has 1 rings (SSSR count). The second kappa shape index (κ2) is 4.72. The Hall–Kier alpha value is -1.65. The van der Waals surface area contributed by atoms with E-state index < -0.39 is 17.6 Å². The van der Waals surface area contributed by atoms with Gasteiger partial charge in [0.05, 0.1) is 18.4 Å². The van der Waals surface area contributed by atoms with Gasteiger partial charge in [-0.05, 0) is 13.0 Å². The first-order chi connectivity index (χ1) is 7.10. The normalized spacial score (nSPS) is 9.87. The molecule has 15 heavy (non-hydrogen) atoms. The zero-order valence-corrected chi connectivity index (χ0v) is 8.43. The Kier molecular flexibility index (Phi) is 3.60. The smallest absolute Gasteiger partial charge is 0.340 e. The van der Waals surface area contributed by atoms with Crippen LogP contribution in [0.1, 0.15) is 17.3 Å². The van der Waals surface area contributed by atoms with Gasteiger partial charge in [0.15, 0.2) is 0 Å². The van der Waals surface area contributed by atoms with Crippen LogP contribution in [-0.2, 0) is 4.74 Å². The van der Waals surface area contributed by atoms with Crippen LogP contribution in [0.25, 0.3) is 0 Å². The van der Waals surface area contributed by atoms with Crippen LogP contribution in [0.2, 0.25) is 0 Å². The number of methoxy groups -OCH3 is 1. The molecule has 1 aromatic rings. The zero-order valence-electron chi connectivity index (χ0n) is 8.43. The first-order valence-electron chi connectivity index (χ1n) is 4.41. The Morgan fingerprint density at radius 1 is 1.40 bits per heavy atom. The van der Waals surface area contributed by atoms with Gasteiger partial charge in [-0.2, -0.15) is 0 Å². The SMILES string of the molecule is CCNc1cc(C(=O)OC)c(F)cc1F. The maximum atomic E-state index is 13.1. The van der Waals surface area contributed by atoms with Crippen LogP contribution in [0.5, 0.6) is 0 Å². The molecule has 0 radical (unpaired) electrons. The predicted molar refractivity (Wildman–Crippen MR) is 51.9 cm³/mol. The van der Waals surface area contributed by atoms with E-state index in [4.69, 9.17) is 0 Å². The summed E-state index contributed by atoms with van der Waals surface area (Å²) in [7, 11) is 1.14. The van der Waals surface area contributed by atoms with Gasteiger partial charge in [-0.3, -0.25) is 0 Å². The van der Waals surface area contributed by atoms with Crippen molar-refractivity contribution in [1.29, 1.82) is 0 Å². The second-order valence-electron chi connectivity index (χ2n) is 2.83. The van der Waals surface area contributed by atoms with E-state index in [2.05, 4.69) is 10.1 Å². The number of anilines is 1. The van der Waals surface area contributed by atoms with Crippen LogP contribution < -0.4 is 5.32 Å². The monoisotopic (exact) mass is 215 g/mol. The maximum Gasteiger partial charge on any atom is 0.340 e. The van der Waals surface area contributed by atoms with Gasteiger partial charge in [-0.15, -0.1) is 0 Å². The molecule has 1 aromatic carbocycles. The van der Waals surface area contributed by atoms with Crippen molar-refractivity contribution >= 4 is 11.7 Å². The number of rotatable bonds is 3. The Morgan fingerprint density at radius 2 is 2.07 bits per heavy atom. The first kappa shape index (κ1) is 11.4. The summed E-state index contributed by atoms with van der Waals surface area (Å²) in [6, 6.07) is 1.75. The summed E-state index contributed by atoms with van der Waals surface area (Å²) in [6.45, 7) is 2.24. The van der Waals surface area contributed by atoms with Crippen molar-refractivity contribution in [3.05, 3.63) is 29.3 Å². The van der Waals surface area contributed by atoms with Crippen molar-refractivity contribution in [1.82, 2.24) is 0 Å². The molecule has 82 valence electrons. The topological polar surface area (TPSA) is 38.3 Å². The second-order valence-corrected chi connectivity index (χ2v) is 2.83. The van der Waals surface area contributed by atoms with Gasteiger partial charge >= 0.3 is 5.97 Å². The van der Waals surface area contributed by atoms with Crippen LogP contribution in [-0.4, -0.2) is 19.6 Å². The molecule has 1 N–H and O–H groups in total. The van der Waals surface area contributed by atoms with Crippen LogP contribution in [0.15, 0.2) is 12.1 Å². The van der Waals surface area contributed by atoms with E-state index in [1.165, 1.54) is 0 Å². The molecule has 0 saturated heterocycles. The lowest BCUT2D eigenvalue weighted by molar-refractivity contribution is 0.0595. The summed E-state index contributed by atoms with van der Waals surface area (Å²) in [5.74, 6) is -2.49. The maximum absolute atomic E-state index is 13.1. The largest absolute Gasteiger partial charge is 0.465 e. The van der Waals surface area contributed by atoms with Gasteiger partial charge < -0.3 is 10.1 Å². The Bertz CT molecular complexity index is 380. The number of esters is 1. The number of ether oxygens (including phenoxy) is 1. The summed E-state index contributed by atoms with van der Waals surface area (Å²) >= 11 is 0. The van der Waals surface area contributed by atoms with Gasteiger partial charge in [0.25, 0.3) is 0 Å². The average Bonchev–Trinajstić information content (AvgIpc) is 2.21. The third kappa shape index (κ3) is 2.43. The summed E-state index contributed by atoms with van der Waals surface area (Å²) < 4.78 is 30.6. The van der Waals surface area contributed by atoms with E-state index in [0.29, 0.717) is 12.6 Å². The van der Waals surface area contributed by atoms with E-state index in [9.17, 15) is 13.6 Å². The highest BCUT2D eigenvalue weighted by Gasteiger charge is 2.15. The third-order valence-electron chi connectivity index (χ3n) is 1.83. The van der Waals surface area contributed by atoms with Gasteiger partial charge in [0.2, 0.25) is 0 Å². The lowest BCUT2D eigenvalue weighted by atomic mass is 10.2. The summed E-state index contributed by atoms with van der Waals surface area (Å²) in [6.07, 6.45) is 0. The lowest BCUT2D eigenvalue weighted by Gasteiger charge is -2.07. The van der Waals surface area contributed by atoms with Gasteiger partial charge in [0, 0.05) is 12.6 Å². The molecule has 0 aliphatic rings. The van der Waals surface area contributed by atoms with Crippen LogP contribution in [0.4, 0.5) is 14.5 Å². The molecule has 0 bridgehead atoms. The van der Waals surface area contributed by atoms with Crippen molar-refractivity contribution in [2.24, 2.45) is 0 Å². The van der Waals surface area contributed by atoms with Gasteiger partial charge in [-0.1, -0.05) is 0 Å². The quantitative estimate of drug-likeness (QED) is 0.785. The molecule has 0 atom stereocenters. The molecule has 0 aliphatic heterocycles. The van der Waals surface area contributed by atoms with Crippen molar-refractivity contribution < 1.29 is 18.3 Å². The van der Waals surface area contributed by atoms with Crippen molar-refractivity contribution in [3.8, 4) is 0 Å². The van der Waals surface area contributed by atoms with Crippen LogP contribution in [0.3, 0.4) is 0 Å².